The molecule has 1 aliphatic heterocycles. The van der Waals surface area contributed by atoms with Crippen LogP contribution in [0.1, 0.15) is 0 Å². The molecule has 1 saturated heterocycles. The van der Waals surface area contributed by atoms with Gasteiger partial charge in [0.15, 0.2) is 0 Å². The molecule has 0 radical (unpaired) electrons. The number of halogens is 1. The molecule has 2 aromatic carbocycles. The molecule has 138 valence electrons. The Balaban J connectivity index is 1.62. The van der Waals surface area contributed by atoms with E-state index in [1.807, 2.05) is 47.4 Å². The van der Waals surface area contributed by atoms with E-state index in [0.717, 1.165) is 40.4 Å². The van der Waals surface area contributed by atoms with E-state index >= 15 is 0 Å². The Bertz CT molecular complexity index is 776. The van der Waals surface area contributed by atoms with Gasteiger partial charge in [-0.25, -0.2) is 4.79 Å². The van der Waals surface area contributed by atoms with Crippen molar-refractivity contribution in [3.8, 4) is 11.5 Å². The van der Waals surface area contributed by atoms with Gasteiger partial charge in [-0.3, -0.25) is 0 Å². The molecule has 0 spiro atoms. The number of anilines is 2. The standard InChI is InChI=1S/C19H22BrN3O3/c1-25-14-7-8-17(18(13-14)26-2)22-9-11-23(12-10-22)19(24)21-16-6-4-3-5-15(16)20/h3-8,13H,9-12H2,1-2H3,(H,21,24). The molecule has 0 unspecified atom stereocenters. The molecule has 0 bridgehead atoms. The van der Waals surface area contributed by atoms with Crippen LogP contribution in [0.2, 0.25) is 0 Å². The minimum atomic E-state index is -0.0850. The maximum Gasteiger partial charge on any atom is 0.321 e. The van der Waals surface area contributed by atoms with Crippen LogP contribution in [0.15, 0.2) is 46.9 Å². The molecule has 2 amide bonds. The molecule has 0 aromatic heterocycles. The summed E-state index contributed by atoms with van der Waals surface area (Å²) in [5, 5.41) is 2.95. The summed E-state index contributed by atoms with van der Waals surface area (Å²) in [6.07, 6.45) is 0. The fourth-order valence-electron chi connectivity index (χ4n) is 2.95. The van der Waals surface area contributed by atoms with Crippen molar-refractivity contribution in [1.29, 1.82) is 0 Å². The number of nitrogens with zero attached hydrogens (tertiary/aromatic N) is 2. The highest BCUT2D eigenvalue weighted by molar-refractivity contribution is 9.10. The summed E-state index contributed by atoms with van der Waals surface area (Å²) in [5.41, 5.74) is 1.79. The Hall–Kier alpha value is -2.41. The number of urea groups is 1. The van der Waals surface area contributed by atoms with Gasteiger partial charge in [-0.05, 0) is 40.2 Å². The Morgan fingerprint density at radius 3 is 2.42 bits per heavy atom. The lowest BCUT2D eigenvalue weighted by atomic mass is 10.2. The molecule has 1 aliphatic rings. The predicted molar refractivity (Wildman–Crippen MR) is 106 cm³/mol. The zero-order valence-electron chi connectivity index (χ0n) is 14.9. The maximum absolute atomic E-state index is 12.5. The van der Waals surface area contributed by atoms with Crippen molar-refractivity contribution < 1.29 is 14.3 Å². The molecule has 3 rings (SSSR count). The monoisotopic (exact) mass is 419 g/mol. The third-order valence-corrected chi connectivity index (χ3v) is 5.10. The van der Waals surface area contributed by atoms with Crippen LogP contribution in [0.3, 0.4) is 0 Å². The van der Waals surface area contributed by atoms with E-state index in [2.05, 4.69) is 26.1 Å². The van der Waals surface area contributed by atoms with Gasteiger partial charge >= 0.3 is 6.03 Å². The van der Waals surface area contributed by atoms with Gasteiger partial charge in [0.05, 0.1) is 25.6 Å². The molecule has 2 aromatic rings. The maximum atomic E-state index is 12.5. The normalized spacial score (nSPS) is 14.1. The molecule has 7 heteroatoms. The van der Waals surface area contributed by atoms with E-state index < -0.39 is 0 Å². The van der Waals surface area contributed by atoms with Gasteiger partial charge in [-0.15, -0.1) is 0 Å². The molecule has 1 fully saturated rings. The average Bonchev–Trinajstić information content (AvgIpc) is 2.69. The van der Waals surface area contributed by atoms with E-state index in [0.29, 0.717) is 13.1 Å². The summed E-state index contributed by atoms with van der Waals surface area (Å²) in [4.78, 5) is 16.6. The van der Waals surface area contributed by atoms with Crippen molar-refractivity contribution in [3.63, 3.8) is 0 Å². The molecule has 1 N–H and O–H groups in total. The number of methoxy groups -OCH3 is 2. The van der Waals surface area contributed by atoms with Crippen LogP contribution >= 0.6 is 15.9 Å². The molecule has 1 heterocycles. The first-order valence-electron chi connectivity index (χ1n) is 8.40. The highest BCUT2D eigenvalue weighted by atomic mass is 79.9. The Morgan fingerprint density at radius 1 is 1.04 bits per heavy atom. The largest absolute Gasteiger partial charge is 0.497 e. The lowest BCUT2D eigenvalue weighted by Crippen LogP contribution is -2.50. The van der Waals surface area contributed by atoms with E-state index in [-0.39, 0.29) is 6.03 Å². The number of carbonyl (C=O) groups is 1. The van der Waals surface area contributed by atoms with E-state index in [1.54, 1.807) is 14.2 Å². The van der Waals surface area contributed by atoms with Crippen LogP contribution in [0.5, 0.6) is 11.5 Å². The number of hydrogen-bond acceptors (Lipinski definition) is 4. The van der Waals surface area contributed by atoms with Gasteiger partial charge in [0.1, 0.15) is 11.5 Å². The lowest BCUT2D eigenvalue weighted by molar-refractivity contribution is 0.208. The van der Waals surface area contributed by atoms with Crippen LogP contribution in [-0.4, -0.2) is 51.3 Å². The fourth-order valence-corrected chi connectivity index (χ4v) is 3.34. The van der Waals surface area contributed by atoms with Crippen molar-refractivity contribution >= 4 is 33.3 Å². The SMILES string of the molecule is COc1ccc(N2CCN(C(=O)Nc3ccccc3Br)CC2)c(OC)c1. The average molecular weight is 420 g/mol. The summed E-state index contributed by atoms with van der Waals surface area (Å²) in [6, 6.07) is 13.3. The number of hydrogen-bond donors (Lipinski definition) is 1. The van der Waals surface area contributed by atoms with Crippen LogP contribution in [0.25, 0.3) is 0 Å². The third-order valence-electron chi connectivity index (χ3n) is 4.41. The van der Waals surface area contributed by atoms with Gasteiger partial charge in [-0.1, -0.05) is 12.1 Å². The number of piperazine rings is 1. The van der Waals surface area contributed by atoms with Gasteiger partial charge in [0.2, 0.25) is 0 Å². The molecule has 6 nitrogen and oxygen atoms in total. The molecule has 26 heavy (non-hydrogen) atoms. The minimum absolute atomic E-state index is 0.0850. The van der Waals surface area contributed by atoms with Gasteiger partial charge in [0.25, 0.3) is 0 Å². The zero-order chi connectivity index (χ0) is 18.5. The first-order valence-corrected chi connectivity index (χ1v) is 9.19. The summed E-state index contributed by atoms with van der Waals surface area (Å²) in [6.45, 7) is 2.77. The molecule has 0 aliphatic carbocycles. The summed E-state index contributed by atoms with van der Waals surface area (Å²) >= 11 is 3.45. The van der Waals surface area contributed by atoms with Crippen LogP contribution in [0.4, 0.5) is 16.2 Å². The molecule has 0 saturated carbocycles. The third kappa shape index (κ3) is 4.04. The van der Waals surface area contributed by atoms with Crippen molar-refractivity contribution in [3.05, 3.63) is 46.9 Å². The van der Waals surface area contributed by atoms with Gasteiger partial charge < -0.3 is 24.6 Å². The van der Waals surface area contributed by atoms with E-state index in [9.17, 15) is 4.79 Å². The second-order valence-corrected chi connectivity index (χ2v) is 6.78. The van der Waals surface area contributed by atoms with Crippen LogP contribution in [0, 0.1) is 0 Å². The Kier molecular flexibility index (Phi) is 5.88. The van der Waals surface area contributed by atoms with Crippen molar-refractivity contribution in [1.82, 2.24) is 4.90 Å². The Morgan fingerprint density at radius 2 is 1.77 bits per heavy atom. The fraction of sp³-hybridized carbons (Fsp3) is 0.316. The highest BCUT2D eigenvalue weighted by Gasteiger charge is 2.23. The van der Waals surface area contributed by atoms with Gasteiger partial charge in [0, 0.05) is 36.7 Å². The lowest BCUT2D eigenvalue weighted by Gasteiger charge is -2.36. The van der Waals surface area contributed by atoms with Crippen molar-refractivity contribution in [2.75, 3.05) is 50.6 Å². The number of benzene rings is 2. The number of para-hydroxylation sites is 1. The van der Waals surface area contributed by atoms with Crippen molar-refractivity contribution in [2.24, 2.45) is 0 Å². The molecular formula is C19H22BrN3O3. The summed E-state index contributed by atoms with van der Waals surface area (Å²) in [7, 11) is 3.29. The van der Waals surface area contributed by atoms with Crippen LogP contribution in [-0.2, 0) is 0 Å². The number of rotatable bonds is 4. The topological polar surface area (TPSA) is 54.0 Å². The summed E-state index contributed by atoms with van der Waals surface area (Å²) in [5.74, 6) is 1.53. The highest BCUT2D eigenvalue weighted by Crippen LogP contribution is 2.32. The number of nitrogens with one attached hydrogen (secondary N) is 1. The second-order valence-electron chi connectivity index (χ2n) is 5.92. The zero-order valence-corrected chi connectivity index (χ0v) is 16.5. The van der Waals surface area contributed by atoms with Gasteiger partial charge in [-0.2, -0.15) is 0 Å². The summed E-state index contributed by atoms with van der Waals surface area (Å²) < 4.78 is 11.6. The number of amides is 2. The number of carbonyl (C=O) groups excluding carboxylic acids is 1. The Labute approximate surface area is 161 Å². The van der Waals surface area contributed by atoms with Crippen LogP contribution < -0.4 is 19.7 Å². The van der Waals surface area contributed by atoms with E-state index in [1.165, 1.54) is 0 Å². The predicted octanol–water partition coefficient (Wildman–Crippen LogP) is 3.82. The molecular weight excluding hydrogens is 398 g/mol. The molecule has 0 atom stereocenters. The quantitative estimate of drug-likeness (QED) is 0.817. The van der Waals surface area contributed by atoms with Crippen molar-refractivity contribution in [2.45, 2.75) is 0 Å². The first kappa shape index (κ1) is 18.4. The van der Waals surface area contributed by atoms with E-state index in [4.69, 9.17) is 9.47 Å². The second kappa shape index (κ2) is 8.31. The smallest absolute Gasteiger partial charge is 0.321 e. The minimum Gasteiger partial charge on any atom is -0.497 e. The first-order chi connectivity index (χ1) is 12.6. The number of ether oxygens (including phenoxy) is 2.